The molecule has 0 amide bonds. The quantitative estimate of drug-likeness (QED) is 0.470. The summed E-state index contributed by atoms with van der Waals surface area (Å²) in [6.45, 7) is 12.0. The minimum Gasteiger partial charge on any atom is -0.393 e. The average Bonchev–Trinajstić information content (AvgIpc) is 3.04. The predicted octanol–water partition coefficient (Wildman–Crippen LogP) is 6.75. The lowest BCUT2D eigenvalue weighted by atomic mass is 9.47. The number of aliphatic hydroxyl groups is 2. The van der Waals surface area contributed by atoms with Gasteiger partial charge in [-0.3, -0.25) is 0 Å². The molecular weight excluding hydrogens is 368 g/mol. The Hall–Kier alpha value is -0.340. The highest BCUT2D eigenvalue weighted by atomic mass is 16.3. The van der Waals surface area contributed by atoms with E-state index in [-0.39, 0.29) is 12.2 Å². The molecule has 0 bridgehead atoms. The molecule has 172 valence electrons. The highest BCUT2D eigenvalue weighted by Crippen LogP contribution is 2.67. The van der Waals surface area contributed by atoms with Crippen LogP contribution in [0.2, 0.25) is 0 Å². The zero-order valence-corrected chi connectivity index (χ0v) is 20.4. The van der Waals surface area contributed by atoms with E-state index in [4.69, 9.17) is 0 Å². The van der Waals surface area contributed by atoms with Gasteiger partial charge >= 0.3 is 0 Å². The third kappa shape index (κ3) is 3.83. The van der Waals surface area contributed by atoms with Crippen LogP contribution in [0, 0.1) is 46.3 Å². The maximum atomic E-state index is 11.0. The van der Waals surface area contributed by atoms with Crippen LogP contribution in [0.15, 0.2) is 11.6 Å². The summed E-state index contributed by atoms with van der Waals surface area (Å²) in [5.41, 5.74) is 2.33. The van der Waals surface area contributed by atoms with E-state index < -0.39 is 0 Å². The molecule has 0 radical (unpaired) electrons. The number of allylic oxidation sites excluding steroid dienone is 1. The summed E-state index contributed by atoms with van der Waals surface area (Å²) in [5, 5.41) is 21.2. The fourth-order valence-corrected chi connectivity index (χ4v) is 8.81. The molecule has 0 aromatic rings. The first-order valence-electron chi connectivity index (χ1n) is 13.2. The van der Waals surface area contributed by atoms with E-state index in [1.165, 1.54) is 51.4 Å². The van der Waals surface area contributed by atoms with Gasteiger partial charge in [0, 0.05) is 0 Å². The van der Waals surface area contributed by atoms with Crippen LogP contribution in [0.4, 0.5) is 0 Å². The standard InChI is InChI=1S/C28H48O2/c1-18(2)7-6-8-26(30)19(3)23-11-12-24-22-10-9-20-17-21(29)13-15-27(20,4)25(22)14-16-28(23,24)5/h9,18-19,21-26,29-30H,6-8,10-17H2,1-5H3/t19-,21-,22?,23?,24?,25?,26-,27-,28+/m0/s1. The highest BCUT2D eigenvalue weighted by Gasteiger charge is 2.59. The molecule has 0 aromatic heterocycles. The van der Waals surface area contributed by atoms with Gasteiger partial charge in [0.05, 0.1) is 12.2 Å². The third-order valence-corrected chi connectivity index (χ3v) is 10.7. The fourth-order valence-electron chi connectivity index (χ4n) is 8.81. The van der Waals surface area contributed by atoms with Crippen molar-refractivity contribution in [2.24, 2.45) is 46.3 Å². The summed E-state index contributed by atoms with van der Waals surface area (Å²) in [4.78, 5) is 0. The Morgan fingerprint density at radius 1 is 1.00 bits per heavy atom. The summed E-state index contributed by atoms with van der Waals surface area (Å²) in [6, 6.07) is 0. The van der Waals surface area contributed by atoms with Gasteiger partial charge in [-0.2, -0.15) is 0 Å². The van der Waals surface area contributed by atoms with Crippen molar-refractivity contribution >= 4 is 0 Å². The lowest BCUT2D eigenvalue weighted by molar-refractivity contribution is -0.0680. The molecule has 0 heterocycles. The molecule has 2 nitrogen and oxygen atoms in total. The third-order valence-electron chi connectivity index (χ3n) is 10.7. The van der Waals surface area contributed by atoms with Gasteiger partial charge in [-0.15, -0.1) is 0 Å². The fraction of sp³-hybridized carbons (Fsp3) is 0.929. The first kappa shape index (κ1) is 22.8. The van der Waals surface area contributed by atoms with E-state index in [9.17, 15) is 10.2 Å². The lowest BCUT2D eigenvalue weighted by Gasteiger charge is -2.58. The van der Waals surface area contributed by atoms with E-state index in [0.29, 0.717) is 22.7 Å². The molecule has 4 unspecified atom stereocenters. The summed E-state index contributed by atoms with van der Waals surface area (Å²) in [7, 11) is 0. The van der Waals surface area contributed by atoms with Crippen molar-refractivity contribution < 1.29 is 10.2 Å². The summed E-state index contributed by atoms with van der Waals surface area (Å²) < 4.78 is 0. The first-order chi connectivity index (χ1) is 14.2. The van der Waals surface area contributed by atoms with Gasteiger partial charge in [0.1, 0.15) is 0 Å². The van der Waals surface area contributed by atoms with Crippen LogP contribution in [-0.2, 0) is 0 Å². The Kier molecular flexibility index (Phi) is 6.50. The van der Waals surface area contributed by atoms with Crippen molar-refractivity contribution in [3.63, 3.8) is 0 Å². The molecule has 3 fully saturated rings. The number of aliphatic hydroxyl groups excluding tert-OH is 2. The Balaban J connectivity index is 1.47. The Morgan fingerprint density at radius 3 is 2.50 bits per heavy atom. The molecule has 0 aromatic carbocycles. The molecular formula is C28H48O2. The molecule has 4 aliphatic rings. The van der Waals surface area contributed by atoms with Crippen molar-refractivity contribution in [3.8, 4) is 0 Å². The molecule has 4 aliphatic carbocycles. The average molecular weight is 417 g/mol. The van der Waals surface area contributed by atoms with E-state index in [1.807, 2.05) is 0 Å². The van der Waals surface area contributed by atoms with E-state index >= 15 is 0 Å². The number of hydrogen-bond acceptors (Lipinski definition) is 2. The smallest absolute Gasteiger partial charge is 0.0577 e. The lowest BCUT2D eigenvalue weighted by Crippen LogP contribution is -2.51. The van der Waals surface area contributed by atoms with Gasteiger partial charge in [-0.05, 0) is 104 Å². The van der Waals surface area contributed by atoms with Gasteiger partial charge in [-0.25, -0.2) is 0 Å². The molecule has 9 atom stereocenters. The molecule has 0 aliphatic heterocycles. The maximum Gasteiger partial charge on any atom is 0.0577 e. The van der Waals surface area contributed by atoms with Crippen LogP contribution in [0.3, 0.4) is 0 Å². The normalized spacial score (nSPS) is 45.3. The zero-order chi connectivity index (χ0) is 21.7. The van der Waals surface area contributed by atoms with Crippen molar-refractivity contribution in [2.45, 2.75) is 117 Å². The molecule has 2 N–H and O–H groups in total. The van der Waals surface area contributed by atoms with Crippen LogP contribution in [0.5, 0.6) is 0 Å². The Morgan fingerprint density at radius 2 is 1.77 bits per heavy atom. The number of rotatable bonds is 6. The van der Waals surface area contributed by atoms with Crippen LogP contribution in [0.1, 0.15) is 105 Å². The second-order valence-electron chi connectivity index (χ2n) is 12.6. The molecule has 4 rings (SSSR count). The second-order valence-corrected chi connectivity index (χ2v) is 12.6. The molecule has 0 saturated heterocycles. The largest absolute Gasteiger partial charge is 0.393 e. The summed E-state index contributed by atoms with van der Waals surface area (Å²) in [5.74, 6) is 4.31. The number of fused-ring (bicyclic) bond motifs is 5. The van der Waals surface area contributed by atoms with Gasteiger partial charge in [0.25, 0.3) is 0 Å². The molecule has 2 heteroatoms. The minimum atomic E-state index is -0.128. The molecule has 3 saturated carbocycles. The predicted molar refractivity (Wildman–Crippen MR) is 125 cm³/mol. The van der Waals surface area contributed by atoms with Crippen molar-refractivity contribution in [1.29, 1.82) is 0 Å². The van der Waals surface area contributed by atoms with Gasteiger partial charge < -0.3 is 10.2 Å². The van der Waals surface area contributed by atoms with Crippen molar-refractivity contribution in [3.05, 3.63) is 11.6 Å². The second kappa shape index (κ2) is 8.54. The Labute approximate surface area is 185 Å². The van der Waals surface area contributed by atoms with E-state index in [1.54, 1.807) is 5.57 Å². The van der Waals surface area contributed by atoms with Crippen molar-refractivity contribution in [2.75, 3.05) is 0 Å². The monoisotopic (exact) mass is 416 g/mol. The van der Waals surface area contributed by atoms with Gasteiger partial charge in [-0.1, -0.05) is 59.1 Å². The van der Waals surface area contributed by atoms with Gasteiger partial charge in [0.15, 0.2) is 0 Å². The minimum absolute atomic E-state index is 0.108. The van der Waals surface area contributed by atoms with Crippen molar-refractivity contribution in [1.82, 2.24) is 0 Å². The first-order valence-corrected chi connectivity index (χ1v) is 13.2. The Bertz CT molecular complexity index is 639. The maximum absolute atomic E-state index is 11.0. The number of hydrogen-bond donors (Lipinski definition) is 2. The van der Waals surface area contributed by atoms with E-state index in [0.717, 1.165) is 42.9 Å². The zero-order valence-electron chi connectivity index (χ0n) is 20.4. The van der Waals surface area contributed by atoms with Crippen LogP contribution < -0.4 is 0 Å². The molecule has 0 spiro atoms. The van der Waals surface area contributed by atoms with Crippen LogP contribution in [-0.4, -0.2) is 22.4 Å². The molecule has 30 heavy (non-hydrogen) atoms. The van der Waals surface area contributed by atoms with Gasteiger partial charge in [0.2, 0.25) is 0 Å². The van der Waals surface area contributed by atoms with Crippen LogP contribution in [0.25, 0.3) is 0 Å². The highest BCUT2D eigenvalue weighted by molar-refractivity contribution is 5.25. The summed E-state index contributed by atoms with van der Waals surface area (Å²) in [6.07, 6.45) is 15.4. The van der Waals surface area contributed by atoms with E-state index in [2.05, 4.69) is 40.7 Å². The van der Waals surface area contributed by atoms with Crippen LogP contribution >= 0.6 is 0 Å². The summed E-state index contributed by atoms with van der Waals surface area (Å²) >= 11 is 0. The topological polar surface area (TPSA) is 40.5 Å². The SMILES string of the molecule is CC(C)CCC[C@H](O)[C@@H](C)C1CCC2C3CC=C4C[C@@H](O)CC[C@]4(C)C3CC[C@@]21C.